The number of rotatable bonds is 8. The largest absolute Gasteiger partial charge is 0.573 e. The van der Waals surface area contributed by atoms with Gasteiger partial charge >= 0.3 is 18.4 Å². The highest BCUT2D eigenvalue weighted by Gasteiger charge is 2.47. The van der Waals surface area contributed by atoms with Crippen LogP contribution in [0.1, 0.15) is 51.3 Å². The van der Waals surface area contributed by atoms with E-state index >= 15 is 0 Å². The number of aromatic nitrogens is 2. The van der Waals surface area contributed by atoms with Crippen molar-refractivity contribution in [2.75, 3.05) is 11.5 Å². The van der Waals surface area contributed by atoms with Gasteiger partial charge in [-0.3, -0.25) is 9.69 Å². The molecule has 4 rings (SSSR count). The van der Waals surface area contributed by atoms with Gasteiger partial charge in [0.1, 0.15) is 22.9 Å². The Labute approximate surface area is 234 Å². The van der Waals surface area contributed by atoms with Crippen molar-refractivity contribution in [3.63, 3.8) is 0 Å². The first-order valence-electron chi connectivity index (χ1n) is 12.9. The van der Waals surface area contributed by atoms with Crippen molar-refractivity contribution in [1.29, 1.82) is 0 Å². The van der Waals surface area contributed by atoms with Crippen LogP contribution in [0.5, 0.6) is 11.5 Å². The lowest BCUT2D eigenvalue weighted by Crippen LogP contribution is -2.37. The van der Waals surface area contributed by atoms with Crippen LogP contribution in [-0.4, -0.2) is 45.7 Å². The Balaban J connectivity index is 1.58. The number of carbonyl (C=O) groups is 2. The summed E-state index contributed by atoms with van der Waals surface area (Å²) in [7, 11) is 0. The van der Waals surface area contributed by atoms with Gasteiger partial charge in [0.15, 0.2) is 0 Å². The van der Waals surface area contributed by atoms with E-state index in [0.717, 1.165) is 6.07 Å². The molecule has 0 saturated heterocycles. The first kappa shape index (κ1) is 29.6. The summed E-state index contributed by atoms with van der Waals surface area (Å²) in [4.78, 5) is 35.3. The highest BCUT2D eigenvalue weighted by Crippen LogP contribution is 2.50. The second-order valence-electron chi connectivity index (χ2n) is 10.5. The van der Waals surface area contributed by atoms with Crippen molar-refractivity contribution in [1.82, 2.24) is 9.97 Å². The average molecular weight is 574 g/mol. The second kappa shape index (κ2) is 11.6. The number of pyridine rings is 2. The van der Waals surface area contributed by atoms with Crippen LogP contribution in [-0.2, 0) is 20.8 Å². The molecule has 1 fully saturated rings. The lowest BCUT2D eigenvalue weighted by atomic mass is 10.1. The fraction of sp³-hybridized carbons (Fsp3) is 0.379. The Bertz CT molecular complexity index is 1410. The van der Waals surface area contributed by atoms with Gasteiger partial charge in [-0.2, -0.15) is 0 Å². The number of hydrogen-bond donors (Lipinski definition) is 1. The Morgan fingerprint density at radius 1 is 1.10 bits per heavy atom. The Morgan fingerprint density at radius 2 is 1.85 bits per heavy atom. The Morgan fingerprint density at radius 3 is 2.49 bits per heavy atom. The van der Waals surface area contributed by atoms with E-state index in [9.17, 15) is 27.9 Å². The zero-order valence-electron chi connectivity index (χ0n) is 22.9. The molecule has 2 atom stereocenters. The van der Waals surface area contributed by atoms with Gasteiger partial charge in [-0.25, -0.2) is 14.8 Å². The lowest BCUT2D eigenvalue weighted by molar-refractivity contribution is -0.274. The lowest BCUT2D eigenvalue weighted by Gasteiger charge is -2.27. The van der Waals surface area contributed by atoms with E-state index < -0.39 is 23.8 Å². The molecular weight excluding hydrogens is 543 g/mol. The van der Waals surface area contributed by atoms with Crippen molar-refractivity contribution >= 4 is 17.9 Å². The minimum Gasteiger partial charge on any atom is -0.506 e. The molecule has 0 aliphatic heterocycles. The van der Waals surface area contributed by atoms with E-state index in [4.69, 9.17) is 9.47 Å². The van der Waals surface area contributed by atoms with Crippen LogP contribution in [0.2, 0.25) is 0 Å². The van der Waals surface area contributed by atoms with Crippen LogP contribution in [0.25, 0.3) is 11.3 Å². The third kappa shape index (κ3) is 7.86. The van der Waals surface area contributed by atoms with Crippen molar-refractivity contribution in [2.24, 2.45) is 5.92 Å². The maximum Gasteiger partial charge on any atom is 0.573 e. The molecule has 2 aromatic heterocycles. The molecular formula is C29H30F3N3O6. The number of hydrogen-bond acceptors (Lipinski definition) is 8. The molecule has 0 radical (unpaired) electrons. The zero-order chi connectivity index (χ0) is 29.9. The van der Waals surface area contributed by atoms with Crippen molar-refractivity contribution in [3.05, 3.63) is 66.0 Å². The van der Waals surface area contributed by atoms with Crippen LogP contribution in [0.4, 0.5) is 23.8 Å². The minimum atomic E-state index is -4.86. The predicted octanol–water partition coefficient (Wildman–Crippen LogP) is 6.36. The van der Waals surface area contributed by atoms with Crippen LogP contribution in [0.15, 0.2) is 54.7 Å². The summed E-state index contributed by atoms with van der Waals surface area (Å²) in [5, 5.41) is 10.4. The number of esters is 1. The molecule has 1 N–H and O–H groups in total. The summed E-state index contributed by atoms with van der Waals surface area (Å²) >= 11 is 0. The molecule has 12 heteroatoms. The maximum absolute atomic E-state index is 13.1. The molecule has 1 aliphatic rings. The van der Waals surface area contributed by atoms with Gasteiger partial charge in [-0.05, 0) is 76.1 Å². The van der Waals surface area contributed by atoms with Crippen molar-refractivity contribution in [2.45, 2.75) is 58.5 Å². The summed E-state index contributed by atoms with van der Waals surface area (Å²) in [5.41, 5.74) is 0.975. The predicted molar refractivity (Wildman–Crippen MR) is 142 cm³/mol. The number of benzene rings is 1. The number of anilines is 1. The van der Waals surface area contributed by atoms with Crippen LogP contribution in [0, 0.1) is 5.92 Å². The van der Waals surface area contributed by atoms with E-state index in [1.165, 1.54) is 29.3 Å². The number of aromatic hydroxyl groups is 1. The van der Waals surface area contributed by atoms with Gasteiger partial charge in [-0.1, -0.05) is 12.1 Å². The summed E-state index contributed by atoms with van der Waals surface area (Å²) in [6, 6.07) is 11.6. The molecule has 1 amide bonds. The normalized spacial score (nSPS) is 16.6. The first-order chi connectivity index (χ1) is 19.2. The van der Waals surface area contributed by atoms with E-state index in [-0.39, 0.29) is 42.5 Å². The van der Waals surface area contributed by atoms with Gasteiger partial charge in [0.05, 0.1) is 30.5 Å². The maximum atomic E-state index is 13.1. The SMILES string of the molecule is CCOC(=O)[C@H]1C[C@@H]1c1nc(-c2ccc(N(Cc3cccc(OC(F)(F)F)c3)C(=O)OC(C)(C)C)nc2)ccc1O. The highest BCUT2D eigenvalue weighted by molar-refractivity contribution is 5.87. The second-order valence-corrected chi connectivity index (χ2v) is 10.5. The van der Waals surface area contributed by atoms with E-state index in [1.807, 2.05) is 0 Å². The van der Waals surface area contributed by atoms with Crippen LogP contribution >= 0.6 is 0 Å². The fourth-order valence-corrected chi connectivity index (χ4v) is 4.19. The molecule has 3 aromatic rings. The van der Waals surface area contributed by atoms with Gasteiger partial charge in [0.2, 0.25) is 0 Å². The summed E-state index contributed by atoms with van der Waals surface area (Å²) < 4.78 is 52.7. The number of amides is 1. The fourth-order valence-electron chi connectivity index (χ4n) is 4.19. The molecule has 218 valence electrons. The molecule has 1 aromatic carbocycles. The van der Waals surface area contributed by atoms with E-state index in [2.05, 4.69) is 14.7 Å². The minimum absolute atomic E-state index is 0.0250. The molecule has 9 nitrogen and oxygen atoms in total. The van der Waals surface area contributed by atoms with Crippen molar-refractivity contribution in [3.8, 4) is 22.8 Å². The smallest absolute Gasteiger partial charge is 0.506 e. The molecule has 0 unspecified atom stereocenters. The number of nitrogens with zero attached hydrogens (tertiary/aromatic N) is 3. The summed E-state index contributed by atoms with van der Waals surface area (Å²) in [6.45, 7) is 6.93. The third-order valence-corrected chi connectivity index (χ3v) is 6.04. The number of alkyl halides is 3. The topological polar surface area (TPSA) is 111 Å². The van der Waals surface area contributed by atoms with Crippen LogP contribution in [0.3, 0.4) is 0 Å². The standard InChI is InChI=1S/C29H30F3N3O6/c1-5-39-26(37)21-14-20(21)25-23(36)11-10-22(34-25)18-9-12-24(33-15-18)35(27(38)41-28(2,3)4)16-17-7-6-8-19(13-17)40-29(30,31)32/h6-13,15,20-21,36H,5,14,16H2,1-4H3/t20-,21-/m0/s1. The molecule has 0 spiro atoms. The number of halogens is 3. The van der Waals surface area contributed by atoms with Gasteiger partial charge in [0.25, 0.3) is 0 Å². The van der Waals surface area contributed by atoms with E-state index in [1.54, 1.807) is 52.0 Å². The highest BCUT2D eigenvalue weighted by atomic mass is 19.4. The molecule has 0 bridgehead atoms. The van der Waals surface area contributed by atoms with Crippen molar-refractivity contribution < 1.29 is 42.1 Å². The van der Waals surface area contributed by atoms with E-state index in [0.29, 0.717) is 28.9 Å². The number of ether oxygens (including phenoxy) is 3. The molecule has 1 aliphatic carbocycles. The molecule has 41 heavy (non-hydrogen) atoms. The first-order valence-corrected chi connectivity index (χ1v) is 12.9. The third-order valence-electron chi connectivity index (χ3n) is 6.04. The monoisotopic (exact) mass is 573 g/mol. The van der Waals surface area contributed by atoms with Crippen LogP contribution < -0.4 is 9.64 Å². The molecule has 2 heterocycles. The quantitative estimate of drug-likeness (QED) is 0.310. The van der Waals surface area contributed by atoms with Gasteiger partial charge in [0, 0.05) is 17.7 Å². The number of carbonyl (C=O) groups excluding carboxylic acids is 2. The van der Waals surface area contributed by atoms with Gasteiger partial charge in [-0.15, -0.1) is 13.2 Å². The van der Waals surface area contributed by atoms with Gasteiger partial charge < -0.3 is 19.3 Å². The summed E-state index contributed by atoms with van der Waals surface area (Å²) in [5.74, 6) is -1.19. The zero-order valence-corrected chi connectivity index (χ0v) is 22.9. The average Bonchev–Trinajstić information content (AvgIpc) is 3.67. The summed E-state index contributed by atoms with van der Waals surface area (Å²) in [6.07, 6.45) is -3.60. The Hall–Kier alpha value is -4.35. The molecule has 1 saturated carbocycles. The Kier molecular flexibility index (Phi) is 8.41.